The second kappa shape index (κ2) is 6.52. The van der Waals surface area contributed by atoms with Gasteiger partial charge < -0.3 is 10.1 Å². The summed E-state index contributed by atoms with van der Waals surface area (Å²) in [5.41, 5.74) is 1.28. The number of rotatable bonds is 5. The minimum absolute atomic E-state index is 0.0931. The smallest absolute Gasteiger partial charge is 0.328 e. The first-order valence-electron chi connectivity index (χ1n) is 6.49. The zero-order valence-electron chi connectivity index (χ0n) is 11.7. The van der Waals surface area contributed by atoms with E-state index in [1.165, 1.54) is 5.56 Å². The van der Waals surface area contributed by atoms with Crippen LogP contribution in [0.4, 0.5) is 5.95 Å². The Hall–Kier alpha value is -1.88. The van der Waals surface area contributed by atoms with Gasteiger partial charge in [0, 0.05) is 7.05 Å². The monoisotopic (exact) mass is 292 g/mol. The van der Waals surface area contributed by atoms with E-state index in [0.29, 0.717) is 17.6 Å². The largest absolute Gasteiger partial charge is 0.424 e. The molecular formula is C14H17ClN4O. The van der Waals surface area contributed by atoms with Crippen LogP contribution in [0.25, 0.3) is 0 Å². The van der Waals surface area contributed by atoms with Crippen LogP contribution in [0.1, 0.15) is 31.7 Å². The van der Waals surface area contributed by atoms with Gasteiger partial charge in [0.05, 0.1) is 0 Å². The van der Waals surface area contributed by atoms with Gasteiger partial charge in [-0.05, 0) is 41.6 Å². The average Bonchev–Trinajstić information content (AvgIpc) is 2.46. The molecule has 0 bridgehead atoms. The second-order valence-electron chi connectivity index (χ2n) is 4.44. The molecule has 20 heavy (non-hydrogen) atoms. The Morgan fingerprint density at radius 2 is 1.90 bits per heavy atom. The molecule has 2 aromatic rings. The average molecular weight is 293 g/mol. The van der Waals surface area contributed by atoms with E-state index in [1.54, 1.807) is 7.05 Å². The van der Waals surface area contributed by atoms with Crippen LogP contribution in [-0.4, -0.2) is 22.0 Å². The summed E-state index contributed by atoms with van der Waals surface area (Å²) in [4.78, 5) is 11.9. The molecule has 1 heterocycles. The predicted octanol–water partition coefficient (Wildman–Crippen LogP) is 3.87. The van der Waals surface area contributed by atoms with E-state index >= 15 is 0 Å². The van der Waals surface area contributed by atoms with Crippen molar-refractivity contribution in [3.8, 4) is 11.8 Å². The number of aromatic nitrogens is 3. The van der Waals surface area contributed by atoms with E-state index in [0.717, 1.165) is 6.42 Å². The van der Waals surface area contributed by atoms with E-state index in [2.05, 4.69) is 34.1 Å². The summed E-state index contributed by atoms with van der Waals surface area (Å²) in [5.74, 6) is 1.57. The van der Waals surface area contributed by atoms with Crippen molar-refractivity contribution in [3.63, 3.8) is 0 Å². The molecule has 106 valence electrons. The summed E-state index contributed by atoms with van der Waals surface area (Å²) in [5, 5.41) is 2.89. The highest BCUT2D eigenvalue weighted by Gasteiger charge is 2.07. The quantitative estimate of drug-likeness (QED) is 0.906. The number of ether oxygens (including phenoxy) is 1. The number of nitrogens with zero attached hydrogens (tertiary/aromatic N) is 3. The zero-order chi connectivity index (χ0) is 14.5. The minimum Gasteiger partial charge on any atom is -0.424 e. The molecule has 0 amide bonds. The molecule has 0 fully saturated rings. The van der Waals surface area contributed by atoms with Gasteiger partial charge in [0.2, 0.25) is 11.2 Å². The maximum absolute atomic E-state index is 5.80. The van der Waals surface area contributed by atoms with E-state index in [4.69, 9.17) is 16.3 Å². The van der Waals surface area contributed by atoms with E-state index < -0.39 is 0 Å². The number of hydrogen-bond acceptors (Lipinski definition) is 5. The fourth-order valence-corrected chi connectivity index (χ4v) is 1.85. The predicted molar refractivity (Wildman–Crippen MR) is 79.6 cm³/mol. The Morgan fingerprint density at radius 3 is 2.50 bits per heavy atom. The van der Waals surface area contributed by atoms with Gasteiger partial charge in [-0.15, -0.1) is 0 Å². The summed E-state index contributed by atoms with van der Waals surface area (Å²) >= 11 is 5.80. The summed E-state index contributed by atoms with van der Waals surface area (Å²) in [6.07, 6.45) is 1.11. The Labute approximate surface area is 123 Å². The number of nitrogens with one attached hydrogen (secondary N) is 1. The van der Waals surface area contributed by atoms with Crippen molar-refractivity contribution in [1.29, 1.82) is 0 Å². The molecule has 1 aromatic heterocycles. The molecule has 0 aliphatic heterocycles. The molecule has 1 aromatic carbocycles. The normalized spacial score (nSPS) is 12.0. The van der Waals surface area contributed by atoms with Crippen molar-refractivity contribution < 1.29 is 4.74 Å². The summed E-state index contributed by atoms with van der Waals surface area (Å²) in [7, 11) is 1.70. The van der Waals surface area contributed by atoms with Crippen molar-refractivity contribution in [1.82, 2.24) is 15.0 Å². The number of halogens is 1. The van der Waals surface area contributed by atoms with Gasteiger partial charge in [-0.25, -0.2) is 0 Å². The molecule has 6 heteroatoms. The third-order valence-electron chi connectivity index (χ3n) is 3.08. The lowest BCUT2D eigenvalue weighted by Crippen LogP contribution is -2.01. The van der Waals surface area contributed by atoms with Gasteiger partial charge in [0.25, 0.3) is 0 Å². The van der Waals surface area contributed by atoms with E-state index in [1.807, 2.05) is 24.3 Å². The molecule has 1 atom stereocenters. The first kappa shape index (κ1) is 14.5. The Morgan fingerprint density at radius 1 is 1.20 bits per heavy atom. The van der Waals surface area contributed by atoms with Crippen LogP contribution < -0.4 is 10.1 Å². The van der Waals surface area contributed by atoms with Crippen molar-refractivity contribution >= 4 is 17.5 Å². The van der Waals surface area contributed by atoms with Crippen molar-refractivity contribution in [2.45, 2.75) is 26.2 Å². The molecule has 0 spiro atoms. The Kier molecular flexibility index (Phi) is 4.74. The summed E-state index contributed by atoms with van der Waals surface area (Å²) in [6.45, 7) is 4.36. The lowest BCUT2D eigenvalue weighted by molar-refractivity contribution is 0.440. The second-order valence-corrected chi connectivity index (χ2v) is 4.78. The molecule has 0 aliphatic carbocycles. The van der Waals surface area contributed by atoms with Crippen molar-refractivity contribution in [3.05, 3.63) is 35.1 Å². The van der Waals surface area contributed by atoms with Gasteiger partial charge in [0.15, 0.2) is 0 Å². The first-order valence-corrected chi connectivity index (χ1v) is 6.87. The lowest BCUT2D eigenvalue weighted by Gasteiger charge is -2.10. The highest BCUT2D eigenvalue weighted by atomic mass is 35.5. The summed E-state index contributed by atoms with van der Waals surface area (Å²) in [6, 6.07) is 8.07. The molecule has 5 nitrogen and oxygen atoms in total. The molecule has 0 saturated carbocycles. The Balaban J connectivity index is 2.15. The minimum atomic E-state index is 0.0931. The molecule has 1 unspecified atom stereocenters. The number of hydrogen-bond donors (Lipinski definition) is 1. The van der Waals surface area contributed by atoms with Gasteiger partial charge in [-0.2, -0.15) is 15.0 Å². The van der Waals surface area contributed by atoms with Crippen LogP contribution in [0.5, 0.6) is 11.8 Å². The highest BCUT2D eigenvalue weighted by Crippen LogP contribution is 2.24. The SMILES string of the molecule is CCC(C)c1ccc(Oc2nc(Cl)nc(NC)n2)cc1. The molecule has 0 radical (unpaired) electrons. The fraction of sp³-hybridized carbons (Fsp3) is 0.357. The molecule has 0 aliphatic rings. The van der Waals surface area contributed by atoms with Crippen LogP contribution in [0.3, 0.4) is 0 Å². The van der Waals surface area contributed by atoms with Gasteiger partial charge in [0.1, 0.15) is 5.75 Å². The lowest BCUT2D eigenvalue weighted by atomic mass is 9.99. The van der Waals surface area contributed by atoms with Crippen LogP contribution in [-0.2, 0) is 0 Å². The third-order valence-corrected chi connectivity index (χ3v) is 3.25. The maximum atomic E-state index is 5.80. The van der Waals surface area contributed by atoms with Crippen LogP contribution in [0, 0.1) is 0 Å². The zero-order valence-corrected chi connectivity index (χ0v) is 12.5. The molecule has 1 N–H and O–H groups in total. The van der Waals surface area contributed by atoms with E-state index in [9.17, 15) is 0 Å². The van der Waals surface area contributed by atoms with Crippen LogP contribution in [0.2, 0.25) is 5.28 Å². The first-order chi connectivity index (χ1) is 9.62. The number of anilines is 1. The third kappa shape index (κ3) is 3.57. The Bertz CT molecular complexity index is 574. The van der Waals surface area contributed by atoms with Crippen LogP contribution >= 0.6 is 11.6 Å². The van der Waals surface area contributed by atoms with Crippen LogP contribution in [0.15, 0.2) is 24.3 Å². The van der Waals surface area contributed by atoms with Gasteiger partial charge in [-0.1, -0.05) is 26.0 Å². The maximum Gasteiger partial charge on any atom is 0.328 e. The number of benzene rings is 1. The van der Waals surface area contributed by atoms with E-state index in [-0.39, 0.29) is 11.3 Å². The highest BCUT2D eigenvalue weighted by molar-refractivity contribution is 6.28. The molecule has 2 rings (SSSR count). The summed E-state index contributed by atoms with van der Waals surface area (Å²) < 4.78 is 5.58. The van der Waals surface area contributed by atoms with Crippen molar-refractivity contribution in [2.75, 3.05) is 12.4 Å². The molecular weight excluding hydrogens is 276 g/mol. The fourth-order valence-electron chi connectivity index (χ4n) is 1.69. The molecule has 0 saturated heterocycles. The van der Waals surface area contributed by atoms with Crippen molar-refractivity contribution in [2.24, 2.45) is 0 Å². The topological polar surface area (TPSA) is 59.9 Å². The van der Waals surface area contributed by atoms with Gasteiger partial charge >= 0.3 is 6.01 Å². The van der Waals surface area contributed by atoms with Gasteiger partial charge in [-0.3, -0.25) is 0 Å². The standard InChI is InChI=1S/C14H17ClN4O/c1-4-9(2)10-5-7-11(8-6-10)20-14-18-12(15)17-13(16-3)19-14/h5-9H,4H2,1-3H3,(H,16,17,18,19).